The van der Waals surface area contributed by atoms with Crippen LogP contribution >= 0.6 is 11.3 Å². The molecule has 0 saturated heterocycles. The van der Waals surface area contributed by atoms with Gasteiger partial charge in [-0.3, -0.25) is 4.79 Å². The number of rotatable bonds is 7. The molecule has 1 atom stereocenters. The number of amides is 1. The molecule has 2 rings (SSSR count). The number of esters is 1. The molecule has 0 aliphatic rings. The molecule has 1 N–H and O–H groups in total. The lowest BCUT2D eigenvalue weighted by Crippen LogP contribution is -2.34. The van der Waals surface area contributed by atoms with Crippen LogP contribution in [0.5, 0.6) is 5.75 Å². The summed E-state index contributed by atoms with van der Waals surface area (Å²) in [5.74, 6) is 0.0774. The SMILES string of the molecule is COC(=O)c1cccc(OCC(=O)N[C@@H](c2cccs2)C(C)C)c1. The van der Waals surface area contributed by atoms with Gasteiger partial charge in [-0.15, -0.1) is 11.3 Å². The Morgan fingerprint density at radius 2 is 2.00 bits per heavy atom. The molecule has 1 amide bonds. The van der Waals surface area contributed by atoms with E-state index >= 15 is 0 Å². The third-order valence-electron chi connectivity index (χ3n) is 3.46. The van der Waals surface area contributed by atoms with Gasteiger partial charge in [0.05, 0.1) is 18.7 Å². The van der Waals surface area contributed by atoms with Crippen LogP contribution in [0.2, 0.25) is 0 Å². The molecule has 0 fully saturated rings. The van der Waals surface area contributed by atoms with Gasteiger partial charge in [0.15, 0.2) is 6.61 Å². The van der Waals surface area contributed by atoms with Crippen molar-refractivity contribution in [3.63, 3.8) is 0 Å². The smallest absolute Gasteiger partial charge is 0.337 e. The van der Waals surface area contributed by atoms with Crippen molar-refractivity contribution in [2.45, 2.75) is 19.9 Å². The van der Waals surface area contributed by atoms with E-state index in [-0.39, 0.29) is 24.5 Å². The van der Waals surface area contributed by atoms with E-state index in [0.717, 1.165) is 4.88 Å². The third kappa shape index (κ3) is 4.83. The minimum absolute atomic E-state index is 0.0393. The molecule has 2 aromatic rings. The molecule has 0 saturated carbocycles. The monoisotopic (exact) mass is 347 g/mol. The van der Waals surface area contributed by atoms with Crippen LogP contribution in [0.25, 0.3) is 0 Å². The molecular formula is C18H21NO4S. The highest BCUT2D eigenvalue weighted by atomic mass is 32.1. The highest BCUT2D eigenvalue weighted by Gasteiger charge is 2.19. The normalized spacial score (nSPS) is 11.8. The summed E-state index contributed by atoms with van der Waals surface area (Å²) >= 11 is 1.62. The molecule has 128 valence electrons. The predicted octanol–water partition coefficient (Wildman–Crippen LogP) is 3.43. The fourth-order valence-electron chi connectivity index (χ4n) is 2.23. The number of hydrogen-bond donors (Lipinski definition) is 1. The number of carbonyl (C=O) groups is 2. The van der Waals surface area contributed by atoms with E-state index in [1.807, 2.05) is 17.5 Å². The summed E-state index contributed by atoms with van der Waals surface area (Å²) in [5.41, 5.74) is 0.383. The van der Waals surface area contributed by atoms with E-state index in [1.165, 1.54) is 7.11 Å². The Labute approximate surface area is 145 Å². The molecule has 0 aliphatic heterocycles. The van der Waals surface area contributed by atoms with E-state index in [2.05, 4.69) is 23.9 Å². The van der Waals surface area contributed by atoms with Crippen molar-refractivity contribution >= 4 is 23.2 Å². The van der Waals surface area contributed by atoms with E-state index in [9.17, 15) is 9.59 Å². The Kier molecular flexibility index (Phi) is 6.37. The van der Waals surface area contributed by atoms with Gasteiger partial charge in [-0.1, -0.05) is 26.0 Å². The summed E-state index contributed by atoms with van der Waals surface area (Å²) in [5, 5.41) is 4.98. The van der Waals surface area contributed by atoms with E-state index in [1.54, 1.807) is 35.6 Å². The maximum atomic E-state index is 12.2. The number of ether oxygens (including phenoxy) is 2. The Morgan fingerprint density at radius 1 is 1.21 bits per heavy atom. The topological polar surface area (TPSA) is 64.6 Å². The van der Waals surface area contributed by atoms with Gasteiger partial charge < -0.3 is 14.8 Å². The van der Waals surface area contributed by atoms with Crippen molar-refractivity contribution in [1.82, 2.24) is 5.32 Å². The van der Waals surface area contributed by atoms with Crippen LogP contribution in [0.3, 0.4) is 0 Å². The van der Waals surface area contributed by atoms with Crippen molar-refractivity contribution in [2.75, 3.05) is 13.7 Å². The second-order valence-corrected chi connectivity index (χ2v) is 6.59. The molecule has 0 aliphatic carbocycles. The van der Waals surface area contributed by atoms with Crippen LogP contribution in [0.1, 0.15) is 35.1 Å². The fraction of sp³-hybridized carbons (Fsp3) is 0.333. The summed E-state index contributed by atoms with van der Waals surface area (Å²) in [7, 11) is 1.32. The number of benzene rings is 1. The van der Waals surface area contributed by atoms with E-state index < -0.39 is 5.97 Å². The molecule has 1 aromatic carbocycles. The molecule has 0 spiro atoms. The Hall–Kier alpha value is -2.34. The summed E-state index contributed by atoms with van der Waals surface area (Å²) in [6.45, 7) is 4.01. The molecule has 24 heavy (non-hydrogen) atoms. The lowest BCUT2D eigenvalue weighted by molar-refractivity contribution is -0.124. The zero-order chi connectivity index (χ0) is 17.5. The van der Waals surface area contributed by atoms with Crippen molar-refractivity contribution < 1.29 is 19.1 Å². The number of hydrogen-bond acceptors (Lipinski definition) is 5. The van der Waals surface area contributed by atoms with Gasteiger partial charge in [-0.2, -0.15) is 0 Å². The van der Waals surface area contributed by atoms with Gasteiger partial charge in [0, 0.05) is 4.88 Å². The van der Waals surface area contributed by atoms with Gasteiger partial charge in [0.2, 0.25) is 0 Å². The van der Waals surface area contributed by atoms with Gasteiger partial charge in [0.1, 0.15) is 5.75 Å². The first-order chi connectivity index (χ1) is 11.5. The summed E-state index contributed by atoms with van der Waals surface area (Å²) in [6, 6.07) is 10.5. The molecule has 0 bridgehead atoms. The van der Waals surface area contributed by atoms with Crippen molar-refractivity contribution in [1.29, 1.82) is 0 Å². The first-order valence-electron chi connectivity index (χ1n) is 7.65. The summed E-state index contributed by atoms with van der Waals surface area (Å²) in [6.07, 6.45) is 0. The summed E-state index contributed by atoms with van der Waals surface area (Å²) < 4.78 is 10.1. The molecule has 1 heterocycles. The first kappa shape index (κ1) is 18.0. The Balaban J connectivity index is 1.94. The van der Waals surface area contributed by atoms with E-state index in [0.29, 0.717) is 11.3 Å². The molecule has 0 unspecified atom stereocenters. The molecule has 6 heteroatoms. The lowest BCUT2D eigenvalue weighted by Gasteiger charge is -2.21. The highest BCUT2D eigenvalue weighted by Crippen LogP contribution is 2.25. The standard InChI is InChI=1S/C18H21NO4S/c1-12(2)17(15-8-5-9-24-15)19-16(20)11-23-14-7-4-6-13(10-14)18(21)22-3/h4-10,12,17H,11H2,1-3H3,(H,19,20)/t17-/m1/s1. The Morgan fingerprint density at radius 3 is 2.62 bits per heavy atom. The first-order valence-corrected chi connectivity index (χ1v) is 8.53. The Bertz CT molecular complexity index is 682. The second-order valence-electron chi connectivity index (χ2n) is 5.61. The fourth-order valence-corrected chi connectivity index (χ4v) is 3.18. The molecule has 5 nitrogen and oxygen atoms in total. The minimum Gasteiger partial charge on any atom is -0.484 e. The largest absolute Gasteiger partial charge is 0.484 e. The van der Waals surface area contributed by atoms with Crippen LogP contribution in [0.4, 0.5) is 0 Å². The predicted molar refractivity (Wildman–Crippen MR) is 93.3 cm³/mol. The van der Waals surface area contributed by atoms with Crippen LogP contribution < -0.4 is 10.1 Å². The molecule has 0 radical (unpaired) electrons. The minimum atomic E-state index is -0.442. The van der Waals surface area contributed by atoms with Crippen LogP contribution in [-0.2, 0) is 9.53 Å². The van der Waals surface area contributed by atoms with Crippen molar-refractivity contribution in [3.8, 4) is 5.75 Å². The second kappa shape index (κ2) is 8.49. The highest BCUT2D eigenvalue weighted by molar-refractivity contribution is 7.10. The van der Waals surface area contributed by atoms with Crippen molar-refractivity contribution in [3.05, 3.63) is 52.2 Å². The number of nitrogens with one attached hydrogen (secondary N) is 1. The average molecular weight is 347 g/mol. The zero-order valence-electron chi connectivity index (χ0n) is 13.9. The van der Waals surface area contributed by atoms with Crippen molar-refractivity contribution in [2.24, 2.45) is 5.92 Å². The molecule has 1 aromatic heterocycles. The van der Waals surface area contributed by atoms with Gasteiger partial charge in [-0.25, -0.2) is 4.79 Å². The van der Waals surface area contributed by atoms with Gasteiger partial charge >= 0.3 is 5.97 Å². The van der Waals surface area contributed by atoms with Gasteiger partial charge in [0.25, 0.3) is 5.91 Å². The summed E-state index contributed by atoms with van der Waals surface area (Å²) in [4.78, 5) is 24.8. The third-order valence-corrected chi connectivity index (χ3v) is 4.41. The van der Waals surface area contributed by atoms with E-state index in [4.69, 9.17) is 4.74 Å². The van der Waals surface area contributed by atoms with Crippen LogP contribution in [0, 0.1) is 5.92 Å². The lowest BCUT2D eigenvalue weighted by atomic mass is 10.0. The number of carbonyl (C=O) groups excluding carboxylic acids is 2. The molecular weight excluding hydrogens is 326 g/mol. The number of thiophene rings is 1. The zero-order valence-corrected chi connectivity index (χ0v) is 14.8. The quantitative estimate of drug-likeness (QED) is 0.780. The maximum Gasteiger partial charge on any atom is 0.337 e. The number of methoxy groups -OCH3 is 1. The maximum absolute atomic E-state index is 12.2. The average Bonchev–Trinajstić information content (AvgIpc) is 3.11. The van der Waals surface area contributed by atoms with Gasteiger partial charge in [-0.05, 0) is 35.6 Å². The van der Waals surface area contributed by atoms with Crippen LogP contribution in [0.15, 0.2) is 41.8 Å². The van der Waals surface area contributed by atoms with Crippen LogP contribution in [-0.4, -0.2) is 25.6 Å².